The normalized spacial score (nSPS) is 14.1. The van der Waals surface area contributed by atoms with Crippen molar-refractivity contribution in [1.82, 2.24) is 15.0 Å². The van der Waals surface area contributed by atoms with Gasteiger partial charge in [-0.05, 0) is 29.7 Å². The first-order valence-corrected chi connectivity index (χ1v) is 11.4. The summed E-state index contributed by atoms with van der Waals surface area (Å²) in [6.07, 6.45) is 3.44. The number of nitrogens with one attached hydrogen (secondary N) is 2. The molecule has 2 N–H and O–H groups in total. The number of benzene rings is 3. The second-order valence-corrected chi connectivity index (χ2v) is 8.28. The average Bonchev–Trinajstić information content (AvgIpc) is 2.85. The summed E-state index contributed by atoms with van der Waals surface area (Å²) in [6, 6.07) is 21.9. The average molecular weight is 455 g/mol. The van der Waals surface area contributed by atoms with Gasteiger partial charge in [0.05, 0.1) is 0 Å². The molecule has 0 aliphatic carbocycles. The number of rotatable bonds is 6. The molecule has 1 aliphatic rings. The van der Waals surface area contributed by atoms with Gasteiger partial charge in [-0.25, -0.2) is 9.97 Å². The molecule has 1 aromatic heterocycles. The van der Waals surface area contributed by atoms with E-state index in [2.05, 4.69) is 48.7 Å². The van der Waals surface area contributed by atoms with Crippen LogP contribution >= 0.6 is 0 Å². The summed E-state index contributed by atoms with van der Waals surface area (Å²) in [5.41, 5.74) is 1.49. The zero-order valence-corrected chi connectivity index (χ0v) is 18.9. The zero-order chi connectivity index (χ0) is 23.3. The second-order valence-electron chi connectivity index (χ2n) is 8.28. The zero-order valence-electron chi connectivity index (χ0n) is 18.9. The Morgan fingerprint density at radius 2 is 1.74 bits per heavy atom. The molecule has 1 amide bonds. The third-order valence-corrected chi connectivity index (χ3v) is 5.77. The molecule has 1 fully saturated rings. The fourth-order valence-electron chi connectivity index (χ4n) is 4.16. The number of carbonyl (C=O) groups is 1. The quantitative estimate of drug-likeness (QED) is 0.433. The number of piperidine rings is 1. The van der Waals surface area contributed by atoms with Gasteiger partial charge in [-0.1, -0.05) is 42.5 Å². The molecule has 0 bridgehead atoms. The van der Waals surface area contributed by atoms with Crippen molar-refractivity contribution in [3.8, 4) is 5.75 Å². The van der Waals surface area contributed by atoms with Gasteiger partial charge < -0.3 is 20.3 Å². The van der Waals surface area contributed by atoms with Gasteiger partial charge >= 0.3 is 0 Å². The molecule has 0 atom stereocenters. The van der Waals surface area contributed by atoms with Crippen LogP contribution in [0.4, 0.5) is 23.3 Å². The van der Waals surface area contributed by atoms with E-state index >= 15 is 0 Å². The Hall–Kier alpha value is -4.20. The highest BCUT2D eigenvalue weighted by molar-refractivity contribution is 5.89. The highest BCUT2D eigenvalue weighted by Crippen LogP contribution is 2.28. The molecule has 0 saturated carbocycles. The largest absolute Gasteiger partial charge is 0.490 e. The smallest absolute Gasteiger partial charge is 0.231 e. The highest BCUT2D eigenvalue weighted by atomic mass is 16.5. The van der Waals surface area contributed by atoms with E-state index in [4.69, 9.17) is 4.74 Å². The molecule has 3 aromatic carbocycles. The first-order valence-electron chi connectivity index (χ1n) is 11.4. The molecule has 0 radical (unpaired) electrons. The minimum atomic E-state index is -0.118. The van der Waals surface area contributed by atoms with Gasteiger partial charge in [0.15, 0.2) is 0 Å². The fraction of sp³-hybridized carbons (Fsp3) is 0.231. The molecule has 8 nitrogen and oxygen atoms in total. The molecule has 172 valence electrons. The third kappa shape index (κ3) is 5.06. The Labute approximate surface area is 198 Å². The summed E-state index contributed by atoms with van der Waals surface area (Å²) >= 11 is 0. The van der Waals surface area contributed by atoms with E-state index in [9.17, 15) is 4.79 Å². The molecule has 2 heterocycles. The van der Waals surface area contributed by atoms with Crippen LogP contribution in [0.1, 0.15) is 19.8 Å². The molecule has 1 saturated heterocycles. The van der Waals surface area contributed by atoms with Gasteiger partial charge in [-0.3, -0.25) is 4.79 Å². The van der Waals surface area contributed by atoms with Crippen LogP contribution in [0.25, 0.3) is 10.8 Å². The third-order valence-electron chi connectivity index (χ3n) is 5.77. The highest BCUT2D eigenvalue weighted by Gasteiger charge is 2.23. The maximum atomic E-state index is 11.3. The van der Waals surface area contributed by atoms with Crippen LogP contribution < -0.4 is 20.3 Å². The maximum absolute atomic E-state index is 11.3. The van der Waals surface area contributed by atoms with Crippen molar-refractivity contribution in [3.63, 3.8) is 0 Å². The number of aromatic nitrogens is 3. The number of nitrogens with zero attached hydrogens (tertiary/aromatic N) is 4. The molecule has 5 rings (SSSR count). The molecule has 8 heteroatoms. The van der Waals surface area contributed by atoms with Crippen LogP contribution in [0.2, 0.25) is 0 Å². The van der Waals surface area contributed by atoms with Gasteiger partial charge in [0.2, 0.25) is 17.8 Å². The number of fused-ring (bicyclic) bond motifs is 1. The van der Waals surface area contributed by atoms with Crippen LogP contribution in [-0.2, 0) is 4.79 Å². The SMILES string of the molecule is CC(=O)Nc1cccc(Nc2ncnc(N3CCC(Oc4cccc5ccccc45)CC3)n2)c1. The number of carbonyl (C=O) groups excluding carboxylic acids is 1. The summed E-state index contributed by atoms with van der Waals surface area (Å²) in [7, 11) is 0. The maximum Gasteiger partial charge on any atom is 0.231 e. The molecule has 1 aliphatic heterocycles. The molecule has 4 aromatic rings. The van der Waals surface area contributed by atoms with E-state index in [1.165, 1.54) is 18.6 Å². The van der Waals surface area contributed by atoms with Crippen molar-refractivity contribution in [2.24, 2.45) is 0 Å². The first-order chi connectivity index (χ1) is 16.6. The summed E-state index contributed by atoms with van der Waals surface area (Å²) in [5, 5.41) is 8.29. The summed E-state index contributed by atoms with van der Waals surface area (Å²) in [6.45, 7) is 3.09. The number of hydrogen-bond acceptors (Lipinski definition) is 7. The number of ether oxygens (including phenoxy) is 1. The van der Waals surface area contributed by atoms with E-state index in [1.54, 1.807) is 0 Å². The van der Waals surface area contributed by atoms with E-state index in [-0.39, 0.29) is 12.0 Å². The summed E-state index contributed by atoms with van der Waals surface area (Å²) in [5.74, 6) is 1.91. The van der Waals surface area contributed by atoms with Crippen molar-refractivity contribution in [3.05, 3.63) is 73.1 Å². The van der Waals surface area contributed by atoms with Crippen LogP contribution in [0, 0.1) is 0 Å². The van der Waals surface area contributed by atoms with E-state index < -0.39 is 0 Å². The second kappa shape index (κ2) is 9.74. The topological polar surface area (TPSA) is 92.3 Å². The van der Waals surface area contributed by atoms with E-state index in [0.717, 1.165) is 42.8 Å². The lowest BCUT2D eigenvalue weighted by molar-refractivity contribution is -0.114. The van der Waals surface area contributed by atoms with Gasteiger partial charge in [-0.15, -0.1) is 0 Å². The Bertz CT molecular complexity index is 1300. The molecule has 0 spiro atoms. The molecular weight excluding hydrogens is 428 g/mol. The van der Waals surface area contributed by atoms with Gasteiger partial charge in [0.25, 0.3) is 0 Å². The Morgan fingerprint density at radius 1 is 0.971 bits per heavy atom. The molecular formula is C26H26N6O2. The van der Waals surface area contributed by atoms with Crippen molar-refractivity contribution in [2.45, 2.75) is 25.9 Å². The van der Waals surface area contributed by atoms with Gasteiger partial charge in [0.1, 0.15) is 18.2 Å². The van der Waals surface area contributed by atoms with Crippen LogP contribution in [0.5, 0.6) is 5.75 Å². The first kappa shape index (κ1) is 21.6. The van der Waals surface area contributed by atoms with Gasteiger partial charge in [0, 0.05) is 49.6 Å². The summed E-state index contributed by atoms with van der Waals surface area (Å²) < 4.78 is 6.37. The summed E-state index contributed by atoms with van der Waals surface area (Å²) in [4.78, 5) is 26.7. The Morgan fingerprint density at radius 3 is 2.59 bits per heavy atom. The minimum Gasteiger partial charge on any atom is -0.490 e. The van der Waals surface area contributed by atoms with Crippen LogP contribution in [0.3, 0.4) is 0 Å². The minimum absolute atomic E-state index is 0.118. The van der Waals surface area contributed by atoms with E-state index in [0.29, 0.717) is 17.6 Å². The lowest BCUT2D eigenvalue weighted by atomic mass is 10.1. The monoisotopic (exact) mass is 454 g/mol. The fourth-order valence-corrected chi connectivity index (χ4v) is 4.16. The van der Waals surface area contributed by atoms with Crippen molar-refractivity contribution >= 4 is 40.0 Å². The molecule has 34 heavy (non-hydrogen) atoms. The van der Waals surface area contributed by atoms with Crippen LogP contribution in [0.15, 0.2) is 73.1 Å². The van der Waals surface area contributed by atoms with E-state index in [1.807, 2.05) is 48.5 Å². The lowest BCUT2D eigenvalue weighted by Gasteiger charge is -2.32. The number of hydrogen-bond donors (Lipinski definition) is 2. The van der Waals surface area contributed by atoms with Crippen molar-refractivity contribution in [2.75, 3.05) is 28.6 Å². The van der Waals surface area contributed by atoms with Crippen molar-refractivity contribution < 1.29 is 9.53 Å². The Balaban J connectivity index is 1.22. The van der Waals surface area contributed by atoms with Gasteiger partial charge in [-0.2, -0.15) is 4.98 Å². The predicted octanol–water partition coefficient (Wildman–Crippen LogP) is 4.77. The standard InChI is InChI=1S/C26H26N6O2/c1-18(33)29-20-8-5-9-21(16-20)30-25-27-17-28-26(31-25)32-14-12-22(13-15-32)34-24-11-4-7-19-6-2-3-10-23(19)24/h2-11,16-17,22H,12-15H2,1H3,(H,29,33)(H,27,28,30,31). The number of amides is 1. The van der Waals surface area contributed by atoms with Crippen molar-refractivity contribution in [1.29, 1.82) is 0 Å². The molecule has 0 unspecified atom stereocenters. The van der Waals surface area contributed by atoms with Crippen LogP contribution in [-0.4, -0.2) is 40.1 Å². The number of anilines is 4. The predicted molar refractivity (Wildman–Crippen MR) is 134 cm³/mol. The lowest BCUT2D eigenvalue weighted by Crippen LogP contribution is -2.39. The Kier molecular flexibility index (Phi) is 6.20.